The van der Waals surface area contributed by atoms with Gasteiger partial charge >= 0.3 is 6.03 Å². The highest BCUT2D eigenvalue weighted by molar-refractivity contribution is 6.32. The van der Waals surface area contributed by atoms with Gasteiger partial charge in [0.15, 0.2) is 0 Å². The molecule has 0 aliphatic heterocycles. The van der Waals surface area contributed by atoms with E-state index in [4.69, 9.17) is 23.2 Å². The van der Waals surface area contributed by atoms with E-state index in [0.717, 1.165) is 6.07 Å². The fraction of sp³-hybridized carbons (Fsp3) is 0. The lowest BCUT2D eigenvalue weighted by molar-refractivity contribution is 0.185. The zero-order valence-corrected chi connectivity index (χ0v) is 11.4. The van der Waals surface area contributed by atoms with Crippen molar-refractivity contribution in [2.24, 2.45) is 4.99 Å². The molecule has 0 saturated heterocycles. The maximum Gasteiger partial charge on any atom is 0.345 e. The Bertz CT molecular complexity index is 705. The van der Waals surface area contributed by atoms with Crippen LogP contribution >= 0.6 is 23.2 Å². The number of benzene rings is 1. The first kappa shape index (κ1) is 14.4. The average Bonchev–Trinajstić information content (AvgIpc) is 2.35. The number of carbonyl (C=O) groups excluding carboxylic acids is 1. The van der Waals surface area contributed by atoms with Crippen LogP contribution in [0.4, 0.5) is 14.9 Å². The Morgan fingerprint density at radius 1 is 1.25 bits per heavy atom. The van der Waals surface area contributed by atoms with Crippen LogP contribution in [0.15, 0.2) is 41.4 Å². The number of carbonyl (C=O) groups is 1. The van der Waals surface area contributed by atoms with Gasteiger partial charge in [-0.05, 0) is 18.2 Å². The van der Waals surface area contributed by atoms with Crippen LogP contribution in [0.25, 0.3) is 0 Å². The molecular weight excluding hydrogens is 308 g/mol. The zero-order chi connectivity index (χ0) is 14.7. The number of aromatic nitrogens is 1. The maximum absolute atomic E-state index is 12.9. The lowest BCUT2D eigenvalue weighted by atomic mass is 10.3. The molecule has 1 heterocycles. The van der Waals surface area contributed by atoms with Gasteiger partial charge in [0, 0.05) is 17.8 Å². The monoisotopic (exact) mass is 315 g/mol. The van der Waals surface area contributed by atoms with E-state index in [9.17, 15) is 14.4 Å². The zero-order valence-electron chi connectivity index (χ0n) is 9.85. The largest absolute Gasteiger partial charge is 0.426 e. The highest BCUT2D eigenvalue weighted by Crippen LogP contribution is 2.11. The first-order valence-corrected chi connectivity index (χ1v) is 6.10. The number of hydrogen-bond donors (Lipinski definition) is 2. The summed E-state index contributed by atoms with van der Waals surface area (Å²) in [6, 6.07) is 7.15. The van der Waals surface area contributed by atoms with E-state index in [2.05, 4.69) is 10.3 Å². The smallest absolute Gasteiger partial charge is 0.345 e. The molecule has 1 aromatic carbocycles. The second-order valence-electron chi connectivity index (χ2n) is 3.72. The maximum atomic E-state index is 12.9. The number of nitrogens with one attached hydrogen (secondary N) is 1. The quantitative estimate of drug-likeness (QED) is 0.626. The van der Waals surface area contributed by atoms with Crippen molar-refractivity contribution in [3.8, 4) is 0 Å². The van der Waals surface area contributed by atoms with Crippen LogP contribution in [0, 0.1) is 5.82 Å². The van der Waals surface area contributed by atoms with E-state index in [1.54, 1.807) is 0 Å². The summed E-state index contributed by atoms with van der Waals surface area (Å²) in [5.74, 6) is -0.477. The molecule has 104 valence electrons. The van der Waals surface area contributed by atoms with Gasteiger partial charge in [-0.15, -0.1) is 0 Å². The minimum atomic E-state index is -0.724. The predicted octanol–water partition coefficient (Wildman–Crippen LogP) is 3.30. The molecule has 0 atom stereocenters. The molecule has 20 heavy (non-hydrogen) atoms. The first-order chi connectivity index (χ1) is 9.45. The summed E-state index contributed by atoms with van der Waals surface area (Å²) >= 11 is 11.3. The van der Waals surface area contributed by atoms with Crippen molar-refractivity contribution in [2.45, 2.75) is 0 Å². The van der Waals surface area contributed by atoms with Crippen molar-refractivity contribution in [2.75, 3.05) is 5.32 Å². The van der Waals surface area contributed by atoms with E-state index in [-0.39, 0.29) is 21.4 Å². The molecule has 5 nitrogen and oxygen atoms in total. The normalized spacial score (nSPS) is 10.2. The van der Waals surface area contributed by atoms with E-state index < -0.39 is 11.8 Å². The van der Waals surface area contributed by atoms with Gasteiger partial charge in [0.25, 0.3) is 0 Å². The first-order valence-electron chi connectivity index (χ1n) is 5.34. The lowest BCUT2D eigenvalue weighted by Gasteiger charge is -2.03. The topological polar surface area (TPSA) is 66.6 Å². The van der Waals surface area contributed by atoms with Crippen LogP contribution in [0.3, 0.4) is 0 Å². The van der Waals surface area contributed by atoms with Crippen LogP contribution in [0.5, 0.6) is 0 Å². The number of pyridine rings is 1. The lowest BCUT2D eigenvalue weighted by Crippen LogP contribution is -2.14. The van der Waals surface area contributed by atoms with Crippen LogP contribution < -0.4 is 10.7 Å². The Kier molecular flexibility index (Phi) is 4.26. The van der Waals surface area contributed by atoms with Gasteiger partial charge in [0.1, 0.15) is 16.1 Å². The predicted molar refractivity (Wildman–Crippen MR) is 72.6 cm³/mol. The van der Waals surface area contributed by atoms with Crippen molar-refractivity contribution < 1.29 is 14.4 Å². The minimum absolute atomic E-state index is 0.102. The molecule has 1 aromatic heterocycles. The summed E-state index contributed by atoms with van der Waals surface area (Å²) in [5.41, 5.74) is 0.268. The number of anilines is 1. The van der Waals surface area contributed by atoms with Crippen LogP contribution in [-0.4, -0.2) is 16.0 Å². The molecule has 0 bridgehead atoms. The number of amides is 2. The van der Waals surface area contributed by atoms with Crippen molar-refractivity contribution in [1.82, 2.24) is 4.73 Å². The van der Waals surface area contributed by atoms with Gasteiger partial charge in [-0.1, -0.05) is 29.3 Å². The number of rotatable bonds is 1. The Morgan fingerprint density at radius 3 is 2.50 bits per heavy atom. The molecule has 0 spiro atoms. The molecule has 0 aliphatic carbocycles. The summed E-state index contributed by atoms with van der Waals surface area (Å²) in [5, 5.41) is 11.6. The van der Waals surface area contributed by atoms with Gasteiger partial charge < -0.3 is 10.5 Å². The van der Waals surface area contributed by atoms with Crippen molar-refractivity contribution in [3.05, 3.63) is 57.9 Å². The number of hydrogen-bond acceptors (Lipinski definition) is 2. The van der Waals surface area contributed by atoms with Gasteiger partial charge in [-0.2, -0.15) is 9.72 Å². The number of halogens is 3. The Balaban J connectivity index is 2.25. The van der Waals surface area contributed by atoms with Gasteiger partial charge in [-0.25, -0.2) is 9.18 Å². The molecule has 0 saturated carbocycles. The third kappa shape index (κ3) is 3.49. The van der Waals surface area contributed by atoms with E-state index >= 15 is 0 Å². The molecule has 8 heteroatoms. The van der Waals surface area contributed by atoms with Crippen LogP contribution in [0.2, 0.25) is 10.3 Å². The summed E-state index contributed by atoms with van der Waals surface area (Å²) in [7, 11) is 0. The van der Waals surface area contributed by atoms with Crippen molar-refractivity contribution in [3.63, 3.8) is 0 Å². The van der Waals surface area contributed by atoms with Gasteiger partial charge in [0.2, 0.25) is 0 Å². The summed E-state index contributed by atoms with van der Waals surface area (Å²) in [6.45, 7) is 0. The minimum Gasteiger partial charge on any atom is -0.426 e. The molecule has 0 aliphatic rings. The molecule has 0 unspecified atom stereocenters. The Labute approximate surface area is 122 Å². The highest BCUT2D eigenvalue weighted by atomic mass is 35.5. The SMILES string of the molecule is O=C(N=c1cc(Cl)n(O)c(Cl)c1)Nc1cccc(F)c1. The van der Waals surface area contributed by atoms with Gasteiger partial charge in [-0.3, -0.25) is 0 Å². The average molecular weight is 316 g/mol. The second-order valence-corrected chi connectivity index (χ2v) is 4.50. The number of urea groups is 1. The van der Waals surface area contributed by atoms with Crippen molar-refractivity contribution >= 4 is 34.9 Å². The third-order valence-electron chi connectivity index (χ3n) is 2.25. The molecule has 0 radical (unpaired) electrons. The Morgan fingerprint density at radius 2 is 1.90 bits per heavy atom. The van der Waals surface area contributed by atoms with E-state index in [1.807, 2.05) is 0 Å². The molecular formula is C12H8Cl2FN3O2. The number of nitrogens with zero attached hydrogens (tertiary/aromatic N) is 2. The van der Waals surface area contributed by atoms with Crippen molar-refractivity contribution in [1.29, 1.82) is 0 Å². The standard InChI is InChI=1S/C12H8Cl2FN3O2/c13-10-5-9(6-11(14)18(10)20)17-12(19)16-8-3-1-2-7(15)4-8/h1-6,20H,(H,16,19). The Hall–Kier alpha value is -2.05. The molecule has 2 amide bonds. The summed E-state index contributed by atoms with van der Waals surface area (Å²) in [6.07, 6.45) is 0. The molecule has 2 aromatic rings. The van der Waals surface area contributed by atoms with E-state index in [1.165, 1.54) is 30.3 Å². The van der Waals surface area contributed by atoms with Crippen LogP contribution in [0.1, 0.15) is 0 Å². The van der Waals surface area contributed by atoms with Gasteiger partial charge in [0.05, 0.1) is 5.36 Å². The fourth-order valence-electron chi connectivity index (χ4n) is 1.41. The summed E-state index contributed by atoms with van der Waals surface area (Å²) in [4.78, 5) is 15.3. The fourth-order valence-corrected chi connectivity index (χ4v) is 1.86. The summed E-state index contributed by atoms with van der Waals surface area (Å²) < 4.78 is 13.5. The van der Waals surface area contributed by atoms with Crippen LogP contribution in [-0.2, 0) is 0 Å². The molecule has 0 fully saturated rings. The second kappa shape index (κ2) is 5.94. The molecule has 2 N–H and O–H groups in total. The van der Waals surface area contributed by atoms with E-state index in [0.29, 0.717) is 4.73 Å². The molecule has 2 rings (SSSR count). The highest BCUT2D eigenvalue weighted by Gasteiger charge is 2.04. The third-order valence-corrected chi connectivity index (χ3v) is 2.78.